The highest BCUT2D eigenvalue weighted by Crippen LogP contribution is 2.45. The SMILES string of the molecule is O=S(=O)(c1ccccc1)C(F)(c1ccccc1)S(=O)(=O)c1ccccc1. The van der Waals surface area contributed by atoms with Crippen molar-refractivity contribution in [3.63, 3.8) is 0 Å². The zero-order valence-electron chi connectivity index (χ0n) is 13.5. The molecular formula is C19H15FO4S2. The van der Waals surface area contributed by atoms with E-state index in [1.165, 1.54) is 60.7 Å². The molecule has 0 spiro atoms. The molecule has 0 saturated carbocycles. The van der Waals surface area contributed by atoms with Crippen molar-refractivity contribution in [2.24, 2.45) is 0 Å². The molecule has 3 rings (SSSR count). The minimum Gasteiger partial charge on any atom is -0.219 e. The summed E-state index contributed by atoms with van der Waals surface area (Å²) in [6, 6.07) is 20.1. The Morgan fingerprint density at radius 1 is 0.538 bits per heavy atom. The summed E-state index contributed by atoms with van der Waals surface area (Å²) in [5.74, 6) is 0. The zero-order chi connectivity index (χ0) is 18.8. The molecule has 7 heteroatoms. The van der Waals surface area contributed by atoms with Gasteiger partial charge in [-0.1, -0.05) is 66.7 Å². The largest absolute Gasteiger partial charge is 0.342 e. The Hall–Kier alpha value is -2.51. The van der Waals surface area contributed by atoms with Crippen molar-refractivity contribution >= 4 is 19.7 Å². The molecule has 0 aromatic heterocycles. The van der Waals surface area contributed by atoms with E-state index in [9.17, 15) is 16.8 Å². The highest BCUT2D eigenvalue weighted by molar-refractivity contribution is 8.09. The average Bonchev–Trinajstić information content (AvgIpc) is 2.69. The summed E-state index contributed by atoms with van der Waals surface area (Å²) in [6.45, 7) is 0. The fourth-order valence-corrected chi connectivity index (χ4v) is 6.86. The van der Waals surface area contributed by atoms with Gasteiger partial charge in [-0.2, -0.15) is 0 Å². The third kappa shape index (κ3) is 2.73. The van der Waals surface area contributed by atoms with Gasteiger partial charge in [0.25, 0.3) is 0 Å². The Labute approximate surface area is 151 Å². The molecule has 0 aliphatic heterocycles. The second-order valence-electron chi connectivity index (χ2n) is 5.54. The minimum atomic E-state index is -4.91. The fraction of sp³-hybridized carbons (Fsp3) is 0.0526. The molecule has 0 atom stereocenters. The number of rotatable bonds is 5. The van der Waals surface area contributed by atoms with Gasteiger partial charge in [0.1, 0.15) is 0 Å². The first-order chi connectivity index (χ1) is 12.3. The molecular weight excluding hydrogens is 375 g/mol. The van der Waals surface area contributed by atoms with Gasteiger partial charge in [-0.15, -0.1) is 0 Å². The van der Waals surface area contributed by atoms with Gasteiger partial charge in [-0.05, 0) is 24.3 Å². The van der Waals surface area contributed by atoms with Crippen LogP contribution in [-0.4, -0.2) is 16.8 Å². The number of hydrogen-bond donors (Lipinski definition) is 0. The Kier molecular flexibility index (Phi) is 4.68. The minimum absolute atomic E-state index is 0.411. The molecule has 3 aromatic carbocycles. The lowest BCUT2D eigenvalue weighted by Gasteiger charge is -2.26. The Morgan fingerprint density at radius 2 is 0.846 bits per heavy atom. The van der Waals surface area contributed by atoms with Gasteiger partial charge in [0, 0.05) is 5.56 Å². The van der Waals surface area contributed by atoms with Crippen molar-refractivity contribution in [2.75, 3.05) is 0 Å². The summed E-state index contributed by atoms with van der Waals surface area (Å²) in [6.07, 6.45) is 0. The maximum atomic E-state index is 16.3. The standard InChI is InChI=1S/C19H15FO4S2/c20-19(16-10-4-1-5-11-16,25(21,22)17-12-6-2-7-13-17)26(23,24)18-14-8-3-9-15-18/h1-15H. The highest BCUT2D eigenvalue weighted by Gasteiger charge is 2.58. The van der Waals surface area contributed by atoms with Crippen LogP contribution in [0, 0.1) is 0 Å². The molecule has 0 saturated heterocycles. The van der Waals surface area contributed by atoms with Crippen LogP contribution in [0.15, 0.2) is 101 Å². The molecule has 0 aliphatic rings. The summed E-state index contributed by atoms with van der Waals surface area (Å²) in [4.78, 5) is -0.822. The van der Waals surface area contributed by atoms with E-state index in [4.69, 9.17) is 0 Å². The van der Waals surface area contributed by atoms with E-state index in [1.807, 2.05) is 0 Å². The predicted molar refractivity (Wildman–Crippen MR) is 96.5 cm³/mol. The molecule has 26 heavy (non-hydrogen) atoms. The van der Waals surface area contributed by atoms with Gasteiger partial charge in [-0.25, -0.2) is 21.2 Å². The van der Waals surface area contributed by atoms with Crippen LogP contribution in [0.3, 0.4) is 0 Å². The molecule has 0 aliphatic carbocycles. The zero-order valence-corrected chi connectivity index (χ0v) is 15.1. The third-order valence-corrected chi connectivity index (χ3v) is 8.87. The van der Waals surface area contributed by atoms with Gasteiger partial charge >= 0.3 is 4.33 Å². The van der Waals surface area contributed by atoms with Crippen LogP contribution in [0.4, 0.5) is 4.39 Å². The number of alkyl halides is 1. The van der Waals surface area contributed by atoms with Crippen LogP contribution >= 0.6 is 0 Å². The van der Waals surface area contributed by atoms with Crippen molar-refractivity contribution in [1.82, 2.24) is 0 Å². The molecule has 0 radical (unpaired) electrons. The van der Waals surface area contributed by atoms with E-state index in [0.717, 1.165) is 12.1 Å². The Bertz CT molecular complexity index is 1030. The van der Waals surface area contributed by atoms with Gasteiger partial charge < -0.3 is 0 Å². The first kappa shape index (κ1) is 18.3. The predicted octanol–water partition coefficient (Wildman–Crippen LogP) is 3.71. The van der Waals surface area contributed by atoms with Crippen molar-refractivity contribution in [1.29, 1.82) is 0 Å². The third-order valence-electron chi connectivity index (χ3n) is 3.92. The van der Waals surface area contributed by atoms with E-state index in [0.29, 0.717) is 0 Å². The first-order valence-corrected chi connectivity index (χ1v) is 10.6. The molecule has 134 valence electrons. The lowest BCUT2D eigenvalue weighted by Crippen LogP contribution is -2.39. The van der Waals surface area contributed by atoms with Crippen LogP contribution in [-0.2, 0) is 24.0 Å². The van der Waals surface area contributed by atoms with E-state index < -0.39 is 39.4 Å². The normalized spacial score (nSPS) is 12.7. The molecule has 0 fully saturated rings. The Morgan fingerprint density at radius 3 is 1.19 bits per heavy atom. The number of hydrogen-bond acceptors (Lipinski definition) is 4. The summed E-state index contributed by atoms with van der Waals surface area (Å²) < 4.78 is 65.1. The van der Waals surface area contributed by atoms with Gasteiger partial charge in [-0.3, -0.25) is 0 Å². The summed E-state index contributed by atoms with van der Waals surface area (Å²) in [5, 5.41) is 0. The van der Waals surface area contributed by atoms with Gasteiger partial charge in [0.05, 0.1) is 9.79 Å². The van der Waals surface area contributed by atoms with Crippen LogP contribution in [0.2, 0.25) is 0 Å². The second kappa shape index (κ2) is 6.66. The summed E-state index contributed by atoms with van der Waals surface area (Å²) in [5.41, 5.74) is -0.465. The Balaban J connectivity index is 2.36. The quantitative estimate of drug-likeness (QED) is 0.666. The topological polar surface area (TPSA) is 68.3 Å². The number of sulfone groups is 2. The lowest BCUT2D eigenvalue weighted by atomic mass is 10.2. The van der Waals surface area contributed by atoms with Gasteiger partial charge in [0.15, 0.2) is 0 Å². The van der Waals surface area contributed by atoms with E-state index in [2.05, 4.69) is 0 Å². The van der Waals surface area contributed by atoms with Crippen LogP contribution in [0.25, 0.3) is 0 Å². The maximum Gasteiger partial charge on any atom is 0.342 e. The van der Waals surface area contributed by atoms with Crippen molar-refractivity contribution in [3.05, 3.63) is 96.6 Å². The van der Waals surface area contributed by atoms with Crippen molar-refractivity contribution in [3.8, 4) is 0 Å². The highest BCUT2D eigenvalue weighted by atomic mass is 32.3. The van der Waals surface area contributed by atoms with Crippen molar-refractivity contribution < 1.29 is 21.2 Å². The number of halogens is 1. The smallest absolute Gasteiger partial charge is 0.219 e. The molecule has 0 amide bonds. The molecule has 3 aromatic rings. The monoisotopic (exact) mass is 390 g/mol. The summed E-state index contributed by atoms with van der Waals surface area (Å²) >= 11 is 0. The number of benzene rings is 3. The average molecular weight is 390 g/mol. The molecule has 0 unspecified atom stereocenters. The molecule has 0 N–H and O–H groups in total. The molecule has 0 bridgehead atoms. The van der Waals surface area contributed by atoms with Crippen LogP contribution in [0.5, 0.6) is 0 Å². The molecule has 0 heterocycles. The van der Waals surface area contributed by atoms with E-state index in [1.54, 1.807) is 18.2 Å². The van der Waals surface area contributed by atoms with E-state index in [-0.39, 0.29) is 0 Å². The van der Waals surface area contributed by atoms with Crippen molar-refractivity contribution in [2.45, 2.75) is 14.1 Å². The molecule has 4 nitrogen and oxygen atoms in total. The van der Waals surface area contributed by atoms with E-state index >= 15 is 4.39 Å². The summed E-state index contributed by atoms with van der Waals surface area (Å²) in [7, 11) is -9.83. The van der Waals surface area contributed by atoms with Gasteiger partial charge in [0.2, 0.25) is 19.7 Å². The van der Waals surface area contributed by atoms with Crippen LogP contribution < -0.4 is 0 Å². The second-order valence-corrected chi connectivity index (χ2v) is 9.88. The van der Waals surface area contributed by atoms with Crippen LogP contribution in [0.1, 0.15) is 5.56 Å². The lowest BCUT2D eigenvalue weighted by molar-refractivity contribution is 0.363. The first-order valence-electron chi connectivity index (χ1n) is 7.65. The fourth-order valence-electron chi connectivity index (χ4n) is 2.59. The maximum absolute atomic E-state index is 16.3.